The van der Waals surface area contributed by atoms with Crippen molar-refractivity contribution in [3.63, 3.8) is 0 Å². The first-order valence-electron chi connectivity index (χ1n) is 4.90. The Morgan fingerprint density at radius 1 is 1.19 bits per heavy atom. The van der Waals surface area contributed by atoms with Crippen LogP contribution in [0.15, 0.2) is 47.4 Å². The van der Waals surface area contributed by atoms with Crippen molar-refractivity contribution in [3.05, 3.63) is 53.0 Å². The van der Waals surface area contributed by atoms with Gasteiger partial charge in [0.2, 0.25) is 0 Å². The number of hydrogen-bond donors (Lipinski definition) is 1. The number of aryl methyl sites for hydroxylation is 1. The molecule has 4 heteroatoms. The minimum atomic E-state index is 0. The van der Waals surface area contributed by atoms with Crippen LogP contribution in [0.5, 0.6) is 0 Å². The normalized spacial score (nSPS) is 8.56. The molecule has 0 saturated carbocycles. The van der Waals surface area contributed by atoms with Crippen molar-refractivity contribution < 1.29 is 5.11 Å². The Balaban J connectivity index is 0.000000318. The quantitative estimate of drug-likeness (QED) is 0.862. The van der Waals surface area contributed by atoms with E-state index in [2.05, 4.69) is 17.1 Å². The highest BCUT2D eigenvalue weighted by Crippen LogP contribution is 2.00. The molecule has 0 bridgehead atoms. The van der Waals surface area contributed by atoms with Crippen molar-refractivity contribution in [2.75, 3.05) is 6.61 Å². The molecule has 2 rings (SSSR count). The molecule has 1 aromatic carbocycles. The van der Waals surface area contributed by atoms with Crippen LogP contribution in [0, 0.1) is 0 Å². The van der Waals surface area contributed by atoms with Crippen LogP contribution in [0.3, 0.4) is 0 Å². The molecule has 2 aromatic rings. The van der Waals surface area contributed by atoms with E-state index in [0.29, 0.717) is 0 Å². The Kier molecular flexibility index (Phi) is 10.7. The average Bonchev–Trinajstić information content (AvgIpc) is 2.86. The number of rotatable bonds is 3. The fraction of sp³-hybridized carbons (Fsp3) is 0.250. The lowest BCUT2D eigenvalue weighted by Gasteiger charge is -1.96. The number of aliphatic hydroxyl groups excluding tert-OH is 1. The number of halogens is 1. The zero-order valence-electron chi connectivity index (χ0n) is 8.95. The van der Waals surface area contributed by atoms with E-state index in [4.69, 9.17) is 5.11 Å². The second-order valence-electron chi connectivity index (χ2n) is 2.99. The van der Waals surface area contributed by atoms with E-state index in [1.54, 1.807) is 23.0 Å². The number of aliphatic hydroxyl groups is 1. The zero-order valence-corrected chi connectivity index (χ0v) is 12.1. The van der Waals surface area contributed by atoms with Crippen molar-refractivity contribution in [2.24, 2.45) is 0 Å². The number of hydrogen-bond acceptors (Lipinski definition) is 3. The summed E-state index contributed by atoms with van der Waals surface area (Å²) in [6.07, 6.45) is 3.62. The van der Waals surface area contributed by atoms with Crippen molar-refractivity contribution in [1.29, 1.82) is 0 Å². The molecule has 0 saturated heterocycles. The van der Waals surface area contributed by atoms with Gasteiger partial charge >= 0.3 is 0 Å². The Bertz CT molecular complexity index is 309. The van der Waals surface area contributed by atoms with Gasteiger partial charge in [0.15, 0.2) is 0 Å². The maximum atomic E-state index is 8.53. The van der Waals surface area contributed by atoms with Gasteiger partial charge in [0.25, 0.3) is 0 Å². The minimum absolute atomic E-state index is 0. The van der Waals surface area contributed by atoms with Crippen LogP contribution in [0.4, 0.5) is 0 Å². The molecule has 16 heavy (non-hydrogen) atoms. The molecule has 0 unspecified atom stereocenters. The van der Waals surface area contributed by atoms with Crippen molar-refractivity contribution in [1.82, 2.24) is 4.98 Å². The topological polar surface area (TPSA) is 33.1 Å². The standard InChI is InChI=1S/C9H12O.C3H3NS.HI/c10-8-4-7-9-5-2-1-3-6-9;1-2-5-3-4-1;/h1-3,5-6,10H,4,7-8H2;1-3H;1H. The molecule has 1 aromatic heterocycles. The molecule has 1 heterocycles. The fourth-order valence-corrected chi connectivity index (χ4v) is 1.45. The van der Waals surface area contributed by atoms with E-state index >= 15 is 0 Å². The van der Waals surface area contributed by atoms with Crippen LogP contribution in [-0.4, -0.2) is 16.7 Å². The first kappa shape index (κ1) is 15.5. The summed E-state index contributed by atoms with van der Waals surface area (Å²) in [5, 5.41) is 10.5. The molecule has 0 aliphatic rings. The van der Waals surface area contributed by atoms with E-state index in [1.165, 1.54) is 5.56 Å². The molecule has 0 atom stereocenters. The number of thiazole rings is 1. The molecule has 88 valence electrons. The van der Waals surface area contributed by atoms with Crippen LogP contribution in [0.1, 0.15) is 12.0 Å². The van der Waals surface area contributed by atoms with Crippen molar-refractivity contribution >= 4 is 35.3 Å². The zero-order chi connectivity index (χ0) is 10.8. The SMILES string of the molecule is I.OCCCc1ccccc1.c1cscn1. The molecule has 0 amide bonds. The number of aromatic nitrogens is 1. The predicted molar refractivity (Wildman–Crippen MR) is 79.4 cm³/mol. The third-order valence-electron chi connectivity index (χ3n) is 1.81. The average molecular weight is 349 g/mol. The van der Waals surface area contributed by atoms with Gasteiger partial charge in [0.05, 0.1) is 5.51 Å². The summed E-state index contributed by atoms with van der Waals surface area (Å²) in [6.45, 7) is 0.287. The van der Waals surface area contributed by atoms with Gasteiger partial charge in [-0.25, -0.2) is 0 Å². The van der Waals surface area contributed by atoms with Crippen LogP contribution in [0.25, 0.3) is 0 Å². The van der Waals surface area contributed by atoms with E-state index in [-0.39, 0.29) is 30.6 Å². The third kappa shape index (κ3) is 7.78. The Morgan fingerprint density at radius 2 is 1.94 bits per heavy atom. The molecule has 0 spiro atoms. The molecule has 0 aliphatic heterocycles. The summed E-state index contributed by atoms with van der Waals surface area (Å²) in [7, 11) is 0. The molecular weight excluding hydrogens is 333 g/mol. The maximum Gasteiger partial charge on any atom is 0.0791 e. The van der Waals surface area contributed by atoms with E-state index in [9.17, 15) is 0 Å². The minimum Gasteiger partial charge on any atom is -0.396 e. The van der Waals surface area contributed by atoms with E-state index in [1.807, 2.05) is 23.6 Å². The third-order valence-corrected chi connectivity index (χ3v) is 2.34. The van der Waals surface area contributed by atoms with Crippen LogP contribution < -0.4 is 0 Å². The van der Waals surface area contributed by atoms with E-state index < -0.39 is 0 Å². The number of benzene rings is 1. The van der Waals surface area contributed by atoms with Crippen LogP contribution in [0.2, 0.25) is 0 Å². The van der Waals surface area contributed by atoms with Crippen molar-refractivity contribution in [3.8, 4) is 0 Å². The van der Waals surface area contributed by atoms with Gasteiger partial charge in [-0.3, -0.25) is 4.98 Å². The number of nitrogens with zero attached hydrogens (tertiary/aromatic N) is 1. The lowest BCUT2D eigenvalue weighted by Crippen LogP contribution is -1.87. The van der Waals surface area contributed by atoms with Gasteiger partial charge < -0.3 is 5.11 Å². The predicted octanol–water partition coefficient (Wildman–Crippen LogP) is 3.37. The van der Waals surface area contributed by atoms with Crippen LogP contribution >= 0.6 is 35.3 Å². The van der Waals surface area contributed by atoms with Crippen molar-refractivity contribution in [2.45, 2.75) is 12.8 Å². The summed E-state index contributed by atoms with van der Waals surface area (Å²) in [4.78, 5) is 3.74. The first-order chi connectivity index (χ1) is 7.43. The smallest absolute Gasteiger partial charge is 0.0791 e. The summed E-state index contributed by atoms with van der Waals surface area (Å²) < 4.78 is 0. The monoisotopic (exact) mass is 349 g/mol. The molecule has 2 nitrogen and oxygen atoms in total. The van der Waals surface area contributed by atoms with Gasteiger partial charge in [-0.05, 0) is 18.4 Å². The summed E-state index contributed by atoms with van der Waals surface area (Å²) >= 11 is 1.60. The largest absolute Gasteiger partial charge is 0.396 e. The molecule has 1 N–H and O–H groups in total. The molecular formula is C12H16INOS. The highest BCUT2D eigenvalue weighted by Gasteiger charge is 1.88. The lowest BCUT2D eigenvalue weighted by atomic mass is 10.1. The van der Waals surface area contributed by atoms with Gasteiger partial charge in [-0.1, -0.05) is 30.3 Å². The lowest BCUT2D eigenvalue weighted by molar-refractivity contribution is 0.288. The summed E-state index contributed by atoms with van der Waals surface area (Å²) in [5.74, 6) is 0. The Hall–Kier alpha value is -0.460. The molecule has 0 aliphatic carbocycles. The van der Waals surface area contributed by atoms with Gasteiger partial charge in [0, 0.05) is 18.2 Å². The highest BCUT2D eigenvalue weighted by atomic mass is 127. The summed E-state index contributed by atoms with van der Waals surface area (Å²) in [5.41, 5.74) is 3.09. The van der Waals surface area contributed by atoms with E-state index in [0.717, 1.165) is 12.8 Å². The molecule has 0 radical (unpaired) electrons. The maximum absolute atomic E-state index is 8.53. The first-order valence-corrected chi connectivity index (χ1v) is 5.84. The fourth-order valence-electron chi connectivity index (χ4n) is 1.10. The van der Waals surface area contributed by atoms with Gasteiger partial charge in [-0.15, -0.1) is 35.3 Å². The highest BCUT2D eigenvalue weighted by molar-refractivity contribution is 14.0. The van der Waals surface area contributed by atoms with Gasteiger partial charge in [-0.2, -0.15) is 0 Å². The molecule has 0 fully saturated rings. The second-order valence-corrected chi connectivity index (χ2v) is 3.74. The van der Waals surface area contributed by atoms with Crippen LogP contribution in [-0.2, 0) is 6.42 Å². The second kappa shape index (κ2) is 11.0. The Morgan fingerprint density at radius 3 is 2.38 bits per heavy atom. The Labute approximate surface area is 117 Å². The van der Waals surface area contributed by atoms with Gasteiger partial charge in [0.1, 0.15) is 0 Å². The summed E-state index contributed by atoms with van der Waals surface area (Å²) in [6, 6.07) is 10.2.